The van der Waals surface area contributed by atoms with E-state index in [0.29, 0.717) is 6.04 Å². The van der Waals surface area contributed by atoms with Crippen molar-refractivity contribution in [2.24, 2.45) is 5.73 Å². The van der Waals surface area contributed by atoms with Crippen molar-refractivity contribution in [3.05, 3.63) is 0 Å². The minimum Gasteiger partial charge on any atom is -0.328 e. The van der Waals surface area contributed by atoms with Crippen molar-refractivity contribution in [3.63, 3.8) is 0 Å². The summed E-state index contributed by atoms with van der Waals surface area (Å²) in [6.07, 6.45) is 8.00. The van der Waals surface area contributed by atoms with E-state index in [4.69, 9.17) is 5.73 Å². The van der Waals surface area contributed by atoms with Crippen molar-refractivity contribution in [2.45, 2.75) is 58.4 Å². The van der Waals surface area contributed by atoms with E-state index >= 15 is 0 Å². The Kier molecular flexibility index (Phi) is 7.04. The minimum absolute atomic E-state index is 0.404. The molecule has 0 spiro atoms. The van der Waals surface area contributed by atoms with Gasteiger partial charge in [-0.05, 0) is 13.3 Å². The van der Waals surface area contributed by atoms with E-state index in [1.807, 2.05) is 0 Å². The molecule has 0 rings (SSSR count). The Morgan fingerprint density at radius 1 is 1.10 bits per heavy atom. The van der Waals surface area contributed by atoms with Crippen LogP contribution in [0, 0.1) is 0 Å². The third-order valence-electron chi connectivity index (χ3n) is 1.76. The third-order valence-corrected chi connectivity index (χ3v) is 1.76. The molecule has 0 aliphatic heterocycles. The lowest BCUT2D eigenvalue weighted by atomic mass is 10.1. The Morgan fingerprint density at radius 2 is 1.70 bits per heavy atom. The molecule has 0 bridgehead atoms. The molecular weight excluding hydrogens is 122 g/mol. The second kappa shape index (κ2) is 7.07. The van der Waals surface area contributed by atoms with Crippen molar-refractivity contribution >= 4 is 0 Å². The zero-order chi connectivity index (χ0) is 7.82. The molecule has 0 aliphatic carbocycles. The van der Waals surface area contributed by atoms with Crippen LogP contribution in [0.25, 0.3) is 0 Å². The van der Waals surface area contributed by atoms with Crippen LogP contribution in [0.1, 0.15) is 52.4 Å². The molecule has 1 nitrogen and oxygen atoms in total. The van der Waals surface area contributed by atoms with Gasteiger partial charge in [0.15, 0.2) is 0 Å². The van der Waals surface area contributed by atoms with Gasteiger partial charge in [0.1, 0.15) is 0 Å². The summed E-state index contributed by atoms with van der Waals surface area (Å²) in [6.45, 7) is 4.32. The second-order valence-electron chi connectivity index (χ2n) is 3.18. The first kappa shape index (κ1) is 9.96. The molecule has 0 unspecified atom stereocenters. The lowest BCUT2D eigenvalue weighted by Gasteiger charge is -2.02. The first-order valence-corrected chi connectivity index (χ1v) is 4.53. The predicted molar refractivity (Wildman–Crippen MR) is 47.0 cm³/mol. The van der Waals surface area contributed by atoms with Crippen LogP contribution in [0.15, 0.2) is 0 Å². The van der Waals surface area contributed by atoms with Gasteiger partial charge in [0.05, 0.1) is 0 Å². The highest BCUT2D eigenvalue weighted by atomic mass is 14.6. The maximum atomic E-state index is 5.61. The number of hydrogen-bond donors (Lipinski definition) is 1. The van der Waals surface area contributed by atoms with Gasteiger partial charge >= 0.3 is 0 Å². The van der Waals surface area contributed by atoms with E-state index in [-0.39, 0.29) is 0 Å². The van der Waals surface area contributed by atoms with E-state index in [1.54, 1.807) is 0 Å². The molecule has 1 heteroatoms. The zero-order valence-corrected chi connectivity index (χ0v) is 7.40. The maximum absolute atomic E-state index is 5.61. The van der Waals surface area contributed by atoms with Gasteiger partial charge < -0.3 is 5.73 Å². The lowest BCUT2D eigenvalue weighted by Crippen LogP contribution is -2.13. The third kappa shape index (κ3) is 7.96. The predicted octanol–water partition coefficient (Wildman–Crippen LogP) is 2.69. The van der Waals surface area contributed by atoms with Crippen LogP contribution < -0.4 is 5.73 Å². The van der Waals surface area contributed by atoms with Gasteiger partial charge in [-0.3, -0.25) is 0 Å². The molecular formula is C9H21N. The average Bonchev–Trinajstić information content (AvgIpc) is 1.87. The highest BCUT2D eigenvalue weighted by molar-refractivity contribution is 4.52. The highest BCUT2D eigenvalue weighted by Crippen LogP contribution is 2.05. The van der Waals surface area contributed by atoms with Gasteiger partial charge in [-0.25, -0.2) is 0 Å². The number of unbranched alkanes of at least 4 members (excludes halogenated alkanes) is 4. The summed E-state index contributed by atoms with van der Waals surface area (Å²) < 4.78 is 0. The molecule has 0 aliphatic rings. The molecule has 62 valence electrons. The largest absolute Gasteiger partial charge is 0.328 e. The molecule has 0 heterocycles. The minimum atomic E-state index is 0.404. The van der Waals surface area contributed by atoms with Gasteiger partial charge in [0.2, 0.25) is 0 Å². The van der Waals surface area contributed by atoms with E-state index in [1.165, 1.54) is 38.5 Å². The topological polar surface area (TPSA) is 26.0 Å². The van der Waals surface area contributed by atoms with Gasteiger partial charge in [-0.15, -0.1) is 0 Å². The SMILES string of the molecule is CCCCCCC[C@@H](C)N. The Labute approximate surface area is 65.0 Å². The summed E-state index contributed by atoms with van der Waals surface area (Å²) in [5, 5.41) is 0. The standard InChI is InChI=1S/C9H21N/c1-3-4-5-6-7-8-9(2)10/h9H,3-8,10H2,1-2H3/t9-/m1/s1. The van der Waals surface area contributed by atoms with E-state index in [2.05, 4.69) is 13.8 Å². The molecule has 0 fully saturated rings. The van der Waals surface area contributed by atoms with E-state index in [0.717, 1.165) is 0 Å². The summed E-state index contributed by atoms with van der Waals surface area (Å²) >= 11 is 0. The molecule has 0 aromatic heterocycles. The van der Waals surface area contributed by atoms with Crippen LogP contribution in [0.4, 0.5) is 0 Å². The summed E-state index contributed by atoms with van der Waals surface area (Å²) in [5.74, 6) is 0. The normalized spacial score (nSPS) is 13.5. The van der Waals surface area contributed by atoms with Crippen LogP contribution >= 0.6 is 0 Å². The fraction of sp³-hybridized carbons (Fsp3) is 1.00. The van der Waals surface area contributed by atoms with Crippen molar-refractivity contribution < 1.29 is 0 Å². The molecule has 0 saturated carbocycles. The molecule has 0 saturated heterocycles. The second-order valence-corrected chi connectivity index (χ2v) is 3.18. The molecule has 0 radical (unpaired) electrons. The van der Waals surface area contributed by atoms with Crippen molar-refractivity contribution in [1.29, 1.82) is 0 Å². The fourth-order valence-electron chi connectivity index (χ4n) is 1.07. The molecule has 0 aromatic rings. The maximum Gasteiger partial charge on any atom is 0.00104 e. The number of rotatable bonds is 6. The van der Waals surface area contributed by atoms with Crippen molar-refractivity contribution in [1.82, 2.24) is 0 Å². The highest BCUT2D eigenvalue weighted by Gasteiger charge is 1.92. The first-order chi connectivity index (χ1) is 4.77. The van der Waals surface area contributed by atoms with Crippen LogP contribution in [0.3, 0.4) is 0 Å². The summed E-state index contributed by atoms with van der Waals surface area (Å²) in [4.78, 5) is 0. The first-order valence-electron chi connectivity index (χ1n) is 4.53. The summed E-state index contributed by atoms with van der Waals surface area (Å²) in [6, 6.07) is 0.404. The van der Waals surface area contributed by atoms with Crippen molar-refractivity contribution in [2.75, 3.05) is 0 Å². The zero-order valence-electron chi connectivity index (χ0n) is 7.40. The smallest absolute Gasteiger partial charge is 0.00104 e. The van der Waals surface area contributed by atoms with Crippen LogP contribution in [-0.4, -0.2) is 6.04 Å². The van der Waals surface area contributed by atoms with E-state index in [9.17, 15) is 0 Å². The van der Waals surface area contributed by atoms with Gasteiger partial charge in [-0.2, -0.15) is 0 Å². The average molecular weight is 143 g/mol. The molecule has 2 N–H and O–H groups in total. The molecule has 0 aromatic carbocycles. The lowest BCUT2D eigenvalue weighted by molar-refractivity contribution is 0.563. The Balaban J connectivity index is 2.77. The Hall–Kier alpha value is -0.0400. The molecule has 10 heavy (non-hydrogen) atoms. The Bertz CT molecular complexity index is 59.7. The van der Waals surface area contributed by atoms with Crippen LogP contribution in [0.5, 0.6) is 0 Å². The summed E-state index contributed by atoms with van der Waals surface area (Å²) in [5.41, 5.74) is 5.61. The number of nitrogens with two attached hydrogens (primary N) is 1. The van der Waals surface area contributed by atoms with E-state index < -0.39 is 0 Å². The Morgan fingerprint density at radius 3 is 2.20 bits per heavy atom. The van der Waals surface area contributed by atoms with Crippen LogP contribution in [-0.2, 0) is 0 Å². The molecule has 1 atom stereocenters. The monoisotopic (exact) mass is 143 g/mol. The summed E-state index contributed by atoms with van der Waals surface area (Å²) in [7, 11) is 0. The van der Waals surface area contributed by atoms with Crippen LogP contribution in [0.2, 0.25) is 0 Å². The number of hydrogen-bond acceptors (Lipinski definition) is 1. The molecule has 0 amide bonds. The fourth-order valence-corrected chi connectivity index (χ4v) is 1.07. The van der Waals surface area contributed by atoms with Gasteiger partial charge in [0, 0.05) is 6.04 Å². The van der Waals surface area contributed by atoms with Crippen molar-refractivity contribution in [3.8, 4) is 0 Å². The van der Waals surface area contributed by atoms with Gasteiger partial charge in [0.25, 0.3) is 0 Å². The van der Waals surface area contributed by atoms with Gasteiger partial charge in [-0.1, -0.05) is 39.0 Å². The quantitative estimate of drug-likeness (QED) is 0.568.